The summed E-state index contributed by atoms with van der Waals surface area (Å²) in [4.78, 5) is 0. The zero-order valence-corrected chi connectivity index (χ0v) is 7.17. The molecule has 2 atom stereocenters. The molecule has 1 heteroatoms. The Balaban J connectivity index is 2.40. The van der Waals surface area contributed by atoms with Crippen LogP contribution < -0.4 is 5.32 Å². The van der Waals surface area contributed by atoms with Gasteiger partial charge in [0.25, 0.3) is 0 Å². The molecule has 0 aromatic carbocycles. The third-order valence-corrected chi connectivity index (χ3v) is 1.93. The normalized spacial score (nSPS) is 30.9. The van der Waals surface area contributed by atoms with Crippen LogP contribution in [0, 0.1) is 0 Å². The average molecular weight is 149 g/mol. The Morgan fingerprint density at radius 2 is 2.09 bits per heavy atom. The van der Waals surface area contributed by atoms with Crippen molar-refractivity contribution >= 4 is 0 Å². The third kappa shape index (κ3) is 2.35. The molecule has 0 spiro atoms. The number of hydrogen-bond donors (Lipinski definition) is 1. The van der Waals surface area contributed by atoms with Gasteiger partial charge in [-0.3, -0.25) is 0 Å². The lowest BCUT2D eigenvalue weighted by Crippen LogP contribution is -1.91. The maximum atomic E-state index is 3.60. The van der Waals surface area contributed by atoms with E-state index in [-0.39, 0.29) is 0 Å². The van der Waals surface area contributed by atoms with Crippen molar-refractivity contribution in [2.24, 2.45) is 0 Å². The van der Waals surface area contributed by atoms with E-state index in [4.69, 9.17) is 0 Å². The van der Waals surface area contributed by atoms with Gasteiger partial charge in [-0.2, -0.15) is 0 Å². The first-order valence-corrected chi connectivity index (χ1v) is 3.97. The summed E-state index contributed by atoms with van der Waals surface area (Å²) in [5.74, 6) is 0. The second-order valence-corrected chi connectivity index (χ2v) is 2.96. The number of allylic oxidation sites excluding steroid dienone is 4. The molecular weight excluding hydrogens is 134 g/mol. The maximum absolute atomic E-state index is 3.60. The van der Waals surface area contributed by atoms with Crippen molar-refractivity contribution < 1.29 is 0 Å². The largest absolute Gasteiger partial charge is 0.304 e. The second-order valence-electron chi connectivity index (χ2n) is 2.96. The first-order valence-electron chi connectivity index (χ1n) is 3.97. The zero-order chi connectivity index (χ0) is 8.27. The van der Waals surface area contributed by atoms with Gasteiger partial charge in [0.2, 0.25) is 0 Å². The van der Waals surface area contributed by atoms with Gasteiger partial charge < -0.3 is 5.32 Å². The van der Waals surface area contributed by atoms with Gasteiger partial charge in [0.05, 0.1) is 0 Å². The summed E-state index contributed by atoms with van der Waals surface area (Å²) in [6.45, 7) is 7.94. The SMILES string of the molecule is C=C/C=C\C=C(/C)C1N[C@@H]1C. The monoisotopic (exact) mass is 149 g/mol. The lowest BCUT2D eigenvalue weighted by atomic mass is 10.1. The van der Waals surface area contributed by atoms with E-state index in [1.54, 1.807) is 6.08 Å². The van der Waals surface area contributed by atoms with Crippen LogP contribution >= 0.6 is 0 Å². The lowest BCUT2D eigenvalue weighted by Gasteiger charge is -1.90. The average Bonchev–Trinajstić information content (AvgIpc) is 2.67. The second kappa shape index (κ2) is 3.54. The van der Waals surface area contributed by atoms with Crippen LogP contribution in [0.4, 0.5) is 0 Å². The standard InChI is InChI=1S/C10H15N/c1-4-5-6-7-8(2)10-9(3)11-10/h4-7,9-11H,1H2,2-3H3/b6-5-,8-7+/t9-,10?/m1/s1. The Bertz CT molecular complexity index is 201. The zero-order valence-electron chi connectivity index (χ0n) is 7.17. The molecule has 1 heterocycles. The van der Waals surface area contributed by atoms with Crippen LogP contribution in [-0.2, 0) is 0 Å². The van der Waals surface area contributed by atoms with Crippen molar-refractivity contribution in [1.29, 1.82) is 0 Å². The van der Waals surface area contributed by atoms with E-state index < -0.39 is 0 Å². The van der Waals surface area contributed by atoms with Gasteiger partial charge in [0, 0.05) is 12.1 Å². The summed E-state index contributed by atoms with van der Waals surface area (Å²) < 4.78 is 0. The smallest absolute Gasteiger partial charge is 0.0435 e. The minimum atomic E-state index is 0.615. The fourth-order valence-electron chi connectivity index (χ4n) is 1.14. The molecule has 1 rings (SSSR count). The molecule has 1 saturated heterocycles. The lowest BCUT2D eigenvalue weighted by molar-refractivity contribution is 1.06. The van der Waals surface area contributed by atoms with E-state index in [2.05, 4.69) is 31.8 Å². The van der Waals surface area contributed by atoms with E-state index in [0.29, 0.717) is 12.1 Å². The Hall–Kier alpha value is -0.820. The third-order valence-electron chi connectivity index (χ3n) is 1.93. The van der Waals surface area contributed by atoms with Crippen molar-refractivity contribution in [3.05, 3.63) is 36.5 Å². The molecule has 0 aliphatic carbocycles. The highest BCUT2D eigenvalue weighted by molar-refractivity contribution is 5.25. The molecule has 1 N–H and O–H groups in total. The minimum Gasteiger partial charge on any atom is -0.304 e. The van der Waals surface area contributed by atoms with E-state index in [0.717, 1.165) is 0 Å². The summed E-state index contributed by atoms with van der Waals surface area (Å²) in [5, 5.41) is 3.33. The molecule has 0 aromatic heterocycles. The van der Waals surface area contributed by atoms with Crippen LogP contribution in [0.1, 0.15) is 13.8 Å². The summed E-state index contributed by atoms with van der Waals surface area (Å²) in [6.07, 6.45) is 7.88. The fourth-order valence-corrected chi connectivity index (χ4v) is 1.14. The van der Waals surface area contributed by atoms with Crippen LogP contribution in [0.5, 0.6) is 0 Å². The molecule has 1 nitrogen and oxygen atoms in total. The Morgan fingerprint density at radius 3 is 2.55 bits per heavy atom. The molecule has 0 saturated carbocycles. The van der Waals surface area contributed by atoms with Crippen LogP contribution in [-0.4, -0.2) is 12.1 Å². The van der Waals surface area contributed by atoms with Crippen molar-refractivity contribution in [3.8, 4) is 0 Å². The molecule has 0 bridgehead atoms. The summed E-state index contributed by atoms with van der Waals surface area (Å²) in [7, 11) is 0. The first kappa shape index (κ1) is 8.28. The van der Waals surface area contributed by atoms with Crippen molar-refractivity contribution in [1.82, 2.24) is 5.32 Å². The van der Waals surface area contributed by atoms with E-state index >= 15 is 0 Å². The molecule has 0 amide bonds. The van der Waals surface area contributed by atoms with Crippen LogP contribution in [0.15, 0.2) is 36.5 Å². The predicted octanol–water partition coefficient (Wildman–Crippen LogP) is 2.04. The minimum absolute atomic E-state index is 0.615. The Morgan fingerprint density at radius 1 is 1.45 bits per heavy atom. The molecule has 1 aliphatic rings. The van der Waals surface area contributed by atoms with Gasteiger partial charge in [0.1, 0.15) is 0 Å². The molecule has 1 unspecified atom stereocenters. The van der Waals surface area contributed by atoms with Gasteiger partial charge in [0.15, 0.2) is 0 Å². The van der Waals surface area contributed by atoms with Crippen molar-refractivity contribution in [2.75, 3.05) is 0 Å². The topological polar surface area (TPSA) is 21.9 Å². The summed E-state index contributed by atoms with van der Waals surface area (Å²) in [5.41, 5.74) is 1.40. The maximum Gasteiger partial charge on any atom is 0.0435 e. The van der Waals surface area contributed by atoms with Crippen LogP contribution in [0.25, 0.3) is 0 Å². The molecule has 1 fully saturated rings. The number of rotatable bonds is 3. The van der Waals surface area contributed by atoms with E-state index in [9.17, 15) is 0 Å². The molecule has 1 aliphatic heterocycles. The van der Waals surface area contributed by atoms with Gasteiger partial charge >= 0.3 is 0 Å². The van der Waals surface area contributed by atoms with Crippen LogP contribution in [0.3, 0.4) is 0 Å². The first-order chi connectivity index (χ1) is 5.25. The van der Waals surface area contributed by atoms with Crippen molar-refractivity contribution in [2.45, 2.75) is 25.9 Å². The molecule has 0 radical (unpaired) electrons. The highest BCUT2D eigenvalue weighted by atomic mass is 15.1. The van der Waals surface area contributed by atoms with Gasteiger partial charge in [-0.15, -0.1) is 0 Å². The summed E-state index contributed by atoms with van der Waals surface area (Å²) >= 11 is 0. The molecule has 60 valence electrons. The number of nitrogens with one attached hydrogen (secondary N) is 1. The van der Waals surface area contributed by atoms with Gasteiger partial charge in [-0.1, -0.05) is 36.5 Å². The number of hydrogen-bond acceptors (Lipinski definition) is 1. The predicted molar refractivity (Wildman–Crippen MR) is 49.5 cm³/mol. The molecular formula is C10H15N. The highest BCUT2D eigenvalue weighted by Gasteiger charge is 2.31. The summed E-state index contributed by atoms with van der Waals surface area (Å²) in [6, 6.07) is 1.29. The van der Waals surface area contributed by atoms with Crippen molar-refractivity contribution in [3.63, 3.8) is 0 Å². The Kier molecular flexibility index (Phi) is 2.66. The quantitative estimate of drug-likeness (QED) is 0.481. The van der Waals surface area contributed by atoms with Gasteiger partial charge in [-0.25, -0.2) is 0 Å². The molecule has 0 aromatic rings. The van der Waals surface area contributed by atoms with E-state index in [1.807, 2.05) is 12.2 Å². The Labute approximate surface area is 68.5 Å². The van der Waals surface area contributed by atoms with Crippen LogP contribution in [0.2, 0.25) is 0 Å². The van der Waals surface area contributed by atoms with Gasteiger partial charge in [-0.05, 0) is 13.8 Å². The molecule has 11 heavy (non-hydrogen) atoms. The van der Waals surface area contributed by atoms with E-state index in [1.165, 1.54) is 5.57 Å². The highest BCUT2D eigenvalue weighted by Crippen LogP contribution is 2.18. The fraction of sp³-hybridized carbons (Fsp3) is 0.400.